The first-order chi connectivity index (χ1) is 10.0. The Morgan fingerprint density at radius 3 is 2.24 bits per heavy atom. The minimum absolute atomic E-state index is 0.0908. The lowest BCUT2D eigenvalue weighted by Gasteiger charge is -2.06. The van der Waals surface area contributed by atoms with Gasteiger partial charge in [-0.05, 0) is 61.0 Å². The number of nitrogens with zero attached hydrogens (tertiary/aromatic N) is 1. The first-order valence-corrected chi connectivity index (χ1v) is 6.16. The van der Waals surface area contributed by atoms with Crippen LogP contribution in [0.25, 0.3) is 0 Å². The van der Waals surface area contributed by atoms with E-state index in [1.807, 2.05) is 0 Å². The van der Waals surface area contributed by atoms with Crippen molar-refractivity contribution in [3.63, 3.8) is 0 Å². The molecule has 0 atom stereocenters. The topological polar surface area (TPSA) is 33.6 Å². The zero-order chi connectivity index (χ0) is 15.2. The van der Waals surface area contributed by atoms with Gasteiger partial charge in [-0.2, -0.15) is 13.9 Å². The summed E-state index contributed by atoms with van der Waals surface area (Å²) < 4.78 is 41.1. The Morgan fingerprint density at radius 1 is 1.05 bits per heavy atom. The first kappa shape index (κ1) is 14.9. The molecule has 0 bridgehead atoms. The summed E-state index contributed by atoms with van der Waals surface area (Å²) in [5, 5.41) is 4.14. The van der Waals surface area contributed by atoms with Gasteiger partial charge in [-0.25, -0.2) is 4.39 Å². The predicted octanol–water partition coefficient (Wildman–Crippen LogP) is 4.26. The second-order valence-corrected chi connectivity index (χ2v) is 4.22. The fourth-order valence-corrected chi connectivity index (χ4v) is 1.61. The molecule has 3 nitrogen and oxygen atoms in total. The third-order valence-electron chi connectivity index (χ3n) is 2.69. The van der Waals surface area contributed by atoms with Crippen molar-refractivity contribution in [2.75, 3.05) is 5.43 Å². The molecule has 0 saturated carbocycles. The van der Waals surface area contributed by atoms with Crippen molar-refractivity contribution in [3.05, 3.63) is 59.9 Å². The number of halogens is 3. The van der Waals surface area contributed by atoms with Crippen molar-refractivity contribution < 1.29 is 17.9 Å². The molecule has 0 saturated heterocycles. The van der Waals surface area contributed by atoms with Crippen LogP contribution in [0, 0.1) is 5.82 Å². The number of benzene rings is 2. The molecule has 0 spiro atoms. The molecule has 110 valence electrons. The average molecular weight is 294 g/mol. The second-order valence-electron chi connectivity index (χ2n) is 4.22. The van der Waals surface area contributed by atoms with Crippen LogP contribution in [0.5, 0.6) is 5.75 Å². The van der Waals surface area contributed by atoms with Crippen LogP contribution >= 0.6 is 0 Å². The molecule has 0 unspecified atom stereocenters. The molecule has 0 heterocycles. The number of rotatable bonds is 5. The molecule has 2 rings (SSSR count). The SMILES string of the molecule is C/C(=N/Nc1ccc(F)cc1)c1ccc(OC(F)F)cc1. The Kier molecular flexibility index (Phi) is 4.81. The van der Waals surface area contributed by atoms with Crippen molar-refractivity contribution in [1.29, 1.82) is 0 Å². The summed E-state index contributed by atoms with van der Waals surface area (Å²) in [5.41, 5.74) is 4.84. The predicted molar refractivity (Wildman–Crippen MR) is 75.3 cm³/mol. The number of hydrazone groups is 1. The van der Waals surface area contributed by atoms with Gasteiger partial charge in [0.15, 0.2) is 0 Å². The Balaban J connectivity index is 2.03. The molecule has 21 heavy (non-hydrogen) atoms. The molecule has 0 aliphatic heterocycles. The highest BCUT2D eigenvalue weighted by molar-refractivity contribution is 5.99. The van der Waals surface area contributed by atoms with E-state index in [1.165, 1.54) is 24.3 Å². The van der Waals surface area contributed by atoms with Crippen molar-refractivity contribution in [1.82, 2.24) is 0 Å². The first-order valence-electron chi connectivity index (χ1n) is 6.16. The van der Waals surface area contributed by atoms with Gasteiger partial charge in [0.1, 0.15) is 11.6 Å². The van der Waals surface area contributed by atoms with Gasteiger partial charge in [-0.1, -0.05) is 0 Å². The van der Waals surface area contributed by atoms with Crippen LogP contribution in [0.15, 0.2) is 53.6 Å². The van der Waals surface area contributed by atoms with Gasteiger partial charge in [-0.3, -0.25) is 5.43 Å². The largest absolute Gasteiger partial charge is 0.435 e. The zero-order valence-corrected chi connectivity index (χ0v) is 11.2. The quantitative estimate of drug-likeness (QED) is 0.660. The maximum absolute atomic E-state index is 12.7. The van der Waals surface area contributed by atoms with Crippen LogP contribution in [-0.2, 0) is 0 Å². The fraction of sp³-hybridized carbons (Fsp3) is 0.133. The third kappa shape index (κ3) is 4.52. The van der Waals surface area contributed by atoms with Gasteiger partial charge in [-0.15, -0.1) is 0 Å². The van der Waals surface area contributed by atoms with E-state index in [4.69, 9.17) is 0 Å². The van der Waals surface area contributed by atoms with Crippen LogP contribution in [0.4, 0.5) is 18.9 Å². The lowest BCUT2D eigenvalue weighted by Crippen LogP contribution is -2.03. The monoisotopic (exact) mass is 294 g/mol. The van der Waals surface area contributed by atoms with Crippen LogP contribution < -0.4 is 10.2 Å². The van der Waals surface area contributed by atoms with Crippen LogP contribution in [0.1, 0.15) is 12.5 Å². The highest BCUT2D eigenvalue weighted by Crippen LogP contribution is 2.15. The molecule has 2 aromatic rings. The summed E-state index contributed by atoms with van der Waals surface area (Å²) in [4.78, 5) is 0. The number of hydrogen-bond donors (Lipinski definition) is 1. The van der Waals surface area contributed by atoms with E-state index >= 15 is 0 Å². The normalized spacial score (nSPS) is 11.6. The van der Waals surface area contributed by atoms with Crippen molar-refractivity contribution >= 4 is 11.4 Å². The highest BCUT2D eigenvalue weighted by atomic mass is 19.3. The summed E-state index contributed by atoms with van der Waals surface area (Å²) in [6.07, 6.45) is 0. The van der Waals surface area contributed by atoms with Gasteiger partial charge in [0, 0.05) is 0 Å². The molecule has 0 amide bonds. The molecular weight excluding hydrogens is 281 g/mol. The summed E-state index contributed by atoms with van der Waals surface area (Å²) in [7, 11) is 0. The molecule has 0 aliphatic carbocycles. The number of alkyl halides is 2. The maximum Gasteiger partial charge on any atom is 0.387 e. The van der Waals surface area contributed by atoms with E-state index in [0.717, 1.165) is 5.56 Å². The van der Waals surface area contributed by atoms with E-state index < -0.39 is 6.61 Å². The van der Waals surface area contributed by atoms with E-state index in [2.05, 4.69) is 15.3 Å². The summed E-state index contributed by atoms with van der Waals surface area (Å²) in [6.45, 7) is -1.08. The minimum Gasteiger partial charge on any atom is -0.435 e. The molecule has 0 radical (unpaired) electrons. The summed E-state index contributed by atoms with van der Waals surface area (Å²) in [6, 6.07) is 11.9. The average Bonchev–Trinajstić information content (AvgIpc) is 2.46. The molecule has 0 aromatic heterocycles. The van der Waals surface area contributed by atoms with Gasteiger partial charge >= 0.3 is 6.61 Å². The molecule has 6 heteroatoms. The minimum atomic E-state index is -2.84. The molecule has 1 N–H and O–H groups in total. The number of anilines is 1. The van der Waals surface area contributed by atoms with E-state index in [-0.39, 0.29) is 11.6 Å². The Morgan fingerprint density at radius 2 is 1.67 bits per heavy atom. The van der Waals surface area contributed by atoms with E-state index in [1.54, 1.807) is 31.2 Å². The van der Waals surface area contributed by atoms with Crippen LogP contribution in [-0.4, -0.2) is 12.3 Å². The Labute approximate surface area is 120 Å². The lowest BCUT2D eigenvalue weighted by atomic mass is 10.1. The number of ether oxygens (including phenoxy) is 1. The van der Waals surface area contributed by atoms with Crippen LogP contribution in [0.2, 0.25) is 0 Å². The Hall–Kier alpha value is -2.50. The number of nitrogens with one attached hydrogen (secondary N) is 1. The van der Waals surface area contributed by atoms with Crippen molar-refractivity contribution in [3.8, 4) is 5.75 Å². The third-order valence-corrected chi connectivity index (χ3v) is 2.69. The highest BCUT2D eigenvalue weighted by Gasteiger charge is 2.04. The molecule has 0 fully saturated rings. The van der Waals surface area contributed by atoms with Crippen molar-refractivity contribution in [2.45, 2.75) is 13.5 Å². The molecular formula is C15H13F3N2O. The second kappa shape index (κ2) is 6.78. The van der Waals surface area contributed by atoms with E-state index in [9.17, 15) is 13.2 Å². The molecule has 2 aromatic carbocycles. The van der Waals surface area contributed by atoms with Gasteiger partial charge in [0.2, 0.25) is 0 Å². The number of hydrogen-bond acceptors (Lipinski definition) is 3. The van der Waals surface area contributed by atoms with E-state index in [0.29, 0.717) is 11.4 Å². The van der Waals surface area contributed by atoms with Gasteiger partial charge in [0.05, 0.1) is 11.4 Å². The maximum atomic E-state index is 12.7. The van der Waals surface area contributed by atoms with Crippen molar-refractivity contribution in [2.24, 2.45) is 5.10 Å². The van der Waals surface area contributed by atoms with Crippen LogP contribution in [0.3, 0.4) is 0 Å². The summed E-state index contributed by atoms with van der Waals surface area (Å²) in [5.74, 6) is -0.232. The van der Waals surface area contributed by atoms with Gasteiger partial charge in [0.25, 0.3) is 0 Å². The van der Waals surface area contributed by atoms with Gasteiger partial charge < -0.3 is 4.74 Å². The fourth-order valence-electron chi connectivity index (χ4n) is 1.61. The lowest BCUT2D eigenvalue weighted by molar-refractivity contribution is -0.0498. The molecule has 0 aliphatic rings. The Bertz CT molecular complexity index is 610. The zero-order valence-electron chi connectivity index (χ0n) is 11.2. The standard InChI is InChI=1S/C15H13F3N2O/c1-10(19-20-13-6-4-12(16)5-7-13)11-2-8-14(9-3-11)21-15(17)18/h2-9,15,20H,1H3/b19-10-. The smallest absolute Gasteiger partial charge is 0.387 e. The summed E-state index contributed by atoms with van der Waals surface area (Å²) >= 11 is 0.